The summed E-state index contributed by atoms with van der Waals surface area (Å²) in [4.78, 5) is 12.2. The number of ether oxygens (including phenoxy) is 4. The number of unbranched alkanes of at least 4 members (excludes halogenated alkanes) is 5. The van der Waals surface area contributed by atoms with E-state index in [9.17, 15) is 13.2 Å². The molecule has 0 amide bonds. The van der Waals surface area contributed by atoms with Gasteiger partial charge in [-0.25, -0.2) is 0 Å². The van der Waals surface area contributed by atoms with Crippen LogP contribution in [0.15, 0.2) is 66.7 Å². The summed E-state index contributed by atoms with van der Waals surface area (Å²) in [5, 5.41) is 0. The molecule has 270 valence electrons. The first kappa shape index (κ1) is 40.2. The highest BCUT2D eigenvalue weighted by molar-refractivity contribution is 8.00. The Labute approximate surface area is 298 Å². The number of carbonyl (C=O) groups is 1. The maximum absolute atomic E-state index is 12.2. The van der Waals surface area contributed by atoms with Crippen LogP contribution in [0.2, 0.25) is 0 Å². The summed E-state index contributed by atoms with van der Waals surface area (Å²) in [6.07, 6.45) is 8.38. The average Bonchev–Trinajstić information content (AvgIpc) is 3.06. The molecule has 0 spiro atoms. The Morgan fingerprint density at radius 3 is 1.78 bits per heavy atom. The van der Waals surface area contributed by atoms with Gasteiger partial charge in [0.05, 0.1) is 38.9 Å². The predicted octanol–water partition coefficient (Wildman–Crippen LogP) is 8.72. The molecule has 0 aliphatic rings. The summed E-state index contributed by atoms with van der Waals surface area (Å²) in [5.41, 5.74) is 4.03. The lowest BCUT2D eigenvalue weighted by molar-refractivity contribution is -0.154. The van der Waals surface area contributed by atoms with Gasteiger partial charge in [-0.15, -0.1) is 11.8 Å². The van der Waals surface area contributed by atoms with Crippen LogP contribution in [0.1, 0.15) is 94.4 Å². The minimum absolute atomic E-state index is 0.157. The number of hydrogen-bond donors (Lipinski definition) is 0. The van der Waals surface area contributed by atoms with E-state index in [4.69, 9.17) is 23.1 Å². The van der Waals surface area contributed by atoms with Crippen LogP contribution in [0.5, 0.6) is 17.2 Å². The van der Waals surface area contributed by atoms with Crippen LogP contribution in [-0.2, 0) is 35.0 Å². The highest BCUT2D eigenvalue weighted by Crippen LogP contribution is 2.50. The normalized spacial score (nSPS) is 12.1. The van der Waals surface area contributed by atoms with E-state index in [2.05, 4.69) is 42.5 Å². The number of carbonyl (C=O) groups excluding carboxylic acids is 1. The zero-order valence-electron chi connectivity index (χ0n) is 30.2. The number of methoxy groups -OCH3 is 3. The van der Waals surface area contributed by atoms with Crippen molar-refractivity contribution in [2.45, 2.75) is 88.9 Å². The molecule has 0 bridgehead atoms. The van der Waals surface area contributed by atoms with Gasteiger partial charge in [-0.2, -0.15) is 8.42 Å². The van der Waals surface area contributed by atoms with Crippen LogP contribution in [0.4, 0.5) is 0 Å². The first-order valence-electron chi connectivity index (χ1n) is 17.0. The number of thioether (sulfide) groups is 1. The average molecular weight is 715 g/mol. The van der Waals surface area contributed by atoms with Crippen molar-refractivity contribution in [2.24, 2.45) is 0 Å². The topological polar surface area (TPSA) is 97.4 Å². The summed E-state index contributed by atoms with van der Waals surface area (Å²) in [5.74, 6) is 3.13. The molecule has 0 aromatic heterocycles. The fourth-order valence-corrected chi connectivity index (χ4v) is 7.72. The Morgan fingerprint density at radius 1 is 0.694 bits per heavy atom. The summed E-state index contributed by atoms with van der Waals surface area (Å²) in [6, 6.07) is 23.1. The summed E-state index contributed by atoms with van der Waals surface area (Å²) < 4.78 is 49.4. The molecule has 0 N–H and O–H groups in total. The highest BCUT2D eigenvalue weighted by atomic mass is 32.2. The van der Waals surface area contributed by atoms with Crippen molar-refractivity contribution in [3.8, 4) is 17.2 Å². The molecule has 3 rings (SSSR count). The van der Waals surface area contributed by atoms with E-state index in [0.29, 0.717) is 12.8 Å². The van der Waals surface area contributed by atoms with Crippen molar-refractivity contribution < 1.29 is 36.3 Å². The van der Waals surface area contributed by atoms with Gasteiger partial charge in [0.25, 0.3) is 10.1 Å². The fraction of sp³-hybridized carbons (Fsp3) is 0.513. The quantitative estimate of drug-likeness (QED) is 0.0465. The van der Waals surface area contributed by atoms with Crippen LogP contribution in [0, 0.1) is 0 Å². The smallest absolute Gasteiger partial charge is 0.306 e. The summed E-state index contributed by atoms with van der Waals surface area (Å²) in [7, 11) is 1.63. The monoisotopic (exact) mass is 714 g/mol. The Hall–Kier alpha value is -3.21. The third-order valence-electron chi connectivity index (χ3n) is 8.08. The van der Waals surface area contributed by atoms with Gasteiger partial charge in [-0.3, -0.25) is 8.98 Å². The number of benzene rings is 3. The van der Waals surface area contributed by atoms with E-state index in [1.54, 1.807) is 21.3 Å². The molecule has 0 unspecified atom stereocenters. The van der Waals surface area contributed by atoms with Gasteiger partial charge in [0, 0.05) is 6.42 Å². The van der Waals surface area contributed by atoms with Gasteiger partial charge in [-0.1, -0.05) is 55.7 Å². The second kappa shape index (κ2) is 19.3. The van der Waals surface area contributed by atoms with Crippen LogP contribution >= 0.6 is 11.8 Å². The SMILES string of the molecule is COc1ccc(C(SCCCCCCOS(C)(=O)=O)(c2ccc(OC)cc2)c2ccc(OC)c(CCCCCC(=O)OC(C)(C)C)c2)cc1. The Kier molecular flexibility index (Phi) is 15.8. The number of esters is 1. The molecule has 0 radical (unpaired) electrons. The minimum Gasteiger partial charge on any atom is -0.497 e. The van der Waals surface area contributed by atoms with Gasteiger partial charge in [-0.05, 0) is 111 Å². The Balaban J connectivity index is 1.93. The first-order valence-corrected chi connectivity index (χ1v) is 19.8. The minimum atomic E-state index is -3.42. The molecule has 8 nitrogen and oxygen atoms in total. The molecular formula is C39H54O8S2. The molecule has 0 heterocycles. The van der Waals surface area contributed by atoms with Crippen LogP contribution < -0.4 is 14.2 Å². The van der Waals surface area contributed by atoms with Crippen molar-refractivity contribution in [1.29, 1.82) is 0 Å². The summed E-state index contributed by atoms with van der Waals surface area (Å²) >= 11 is 1.88. The van der Waals surface area contributed by atoms with E-state index in [1.807, 2.05) is 56.8 Å². The maximum atomic E-state index is 12.2. The van der Waals surface area contributed by atoms with E-state index >= 15 is 0 Å². The van der Waals surface area contributed by atoms with Gasteiger partial charge >= 0.3 is 5.97 Å². The van der Waals surface area contributed by atoms with E-state index < -0.39 is 20.5 Å². The molecule has 3 aromatic rings. The maximum Gasteiger partial charge on any atom is 0.306 e. The van der Waals surface area contributed by atoms with Crippen LogP contribution in [0.25, 0.3) is 0 Å². The van der Waals surface area contributed by atoms with Crippen LogP contribution in [0.3, 0.4) is 0 Å². The fourth-order valence-electron chi connectivity index (χ4n) is 5.74. The number of rotatable bonds is 21. The van der Waals surface area contributed by atoms with Crippen LogP contribution in [-0.4, -0.2) is 59.9 Å². The largest absolute Gasteiger partial charge is 0.497 e. The second-order valence-corrected chi connectivity index (χ2v) is 16.1. The molecule has 0 fully saturated rings. The summed E-state index contributed by atoms with van der Waals surface area (Å²) in [6.45, 7) is 5.88. The van der Waals surface area contributed by atoms with E-state index in [-0.39, 0.29) is 12.6 Å². The van der Waals surface area contributed by atoms with Crippen molar-refractivity contribution in [3.05, 3.63) is 89.0 Å². The highest BCUT2D eigenvalue weighted by Gasteiger charge is 2.37. The van der Waals surface area contributed by atoms with E-state index in [1.165, 1.54) is 0 Å². The lowest BCUT2D eigenvalue weighted by atomic mass is 9.82. The lowest BCUT2D eigenvalue weighted by Gasteiger charge is -2.36. The van der Waals surface area contributed by atoms with Gasteiger partial charge in [0.1, 0.15) is 22.8 Å². The molecular weight excluding hydrogens is 661 g/mol. The molecule has 49 heavy (non-hydrogen) atoms. The number of hydrogen-bond acceptors (Lipinski definition) is 9. The zero-order chi connectivity index (χ0) is 35.9. The van der Waals surface area contributed by atoms with Crippen molar-refractivity contribution in [1.82, 2.24) is 0 Å². The van der Waals surface area contributed by atoms with Gasteiger partial charge in [0.2, 0.25) is 0 Å². The van der Waals surface area contributed by atoms with Crippen molar-refractivity contribution >= 4 is 27.8 Å². The van der Waals surface area contributed by atoms with Gasteiger partial charge in [0.15, 0.2) is 0 Å². The zero-order valence-corrected chi connectivity index (χ0v) is 31.8. The van der Waals surface area contributed by atoms with Crippen molar-refractivity contribution in [2.75, 3.05) is 39.9 Å². The predicted molar refractivity (Wildman–Crippen MR) is 199 cm³/mol. The molecule has 0 saturated heterocycles. The molecule has 0 aliphatic heterocycles. The molecule has 0 atom stereocenters. The Morgan fingerprint density at radius 2 is 1.24 bits per heavy atom. The first-order chi connectivity index (χ1) is 23.3. The Bertz CT molecular complexity index is 1500. The number of aryl methyl sites for hydroxylation is 1. The van der Waals surface area contributed by atoms with Gasteiger partial charge < -0.3 is 18.9 Å². The molecule has 0 saturated carbocycles. The molecule has 0 aliphatic carbocycles. The molecule has 10 heteroatoms. The van der Waals surface area contributed by atoms with Crippen molar-refractivity contribution in [3.63, 3.8) is 0 Å². The third kappa shape index (κ3) is 12.9. The standard InChI is InChI=1S/C39H54O8S2/c1-38(2,3)47-37(40)16-12-10-11-15-30-29-33(21-26-36(30)45-6)39(31-17-22-34(43-4)23-18-31,32-19-24-35(44-5)25-20-32)48-28-14-9-8-13-27-46-49(7,41)42/h17-26,29H,8-16,27-28H2,1-7H3. The second-order valence-electron chi connectivity index (χ2n) is 13.1. The third-order valence-corrected chi connectivity index (χ3v) is 10.3. The van der Waals surface area contributed by atoms with E-state index in [0.717, 1.165) is 96.5 Å². The lowest BCUT2D eigenvalue weighted by Crippen LogP contribution is -2.26. The molecule has 3 aromatic carbocycles.